The Morgan fingerprint density at radius 3 is 2.71 bits per heavy atom. The van der Waals surface area contributed by atoms with Crippen LogP contribution in [0.4, 0.5) is 0 Å². The summed E-state index contributed by atoms with van der Waals surface area (Å²) in [4.78, 5) is 0. The van der Waals surface area contributed by atoms with E-state index in [2.05, 4.69) is 71.0 Å². The van der Waals surface area contributed by atoms with Crippen molar-refractivity contribution >= 4 is 0 Å². The third kappa shape index (κ3) is 3.51. The molecule has 0 radical (unpaired) electrons. The molecule has 0 atom stereocenters. The normalized spacial score (nSPS) is 10.9. The number of ether oxygens (including phenoxy) is 1. The lowest BCUT2D eigenvalue weighted by Crippen LogP contribution is -2.05. The van der Waals surface area contributed by atoms with Crippen molar-refractivity contribution in [2.75, 3.05) is 13.7 Å². The molecule has 0 aliphatic carbocycles. The topological polar surface area (TPSA) is 52.8 Å². The summed E-state index contributed by atoms with van der Waals surface area (Å²) in [6.45, 7) is 3.62. The molecule has 0 saturated carbocycles. The van der Waals surface area contributed by atoms with Crippen molar-refractivity contribution in [2.24, 2.45) is 0 Å². The molecule has 0 N–H and O–H groups in total. The summed E-state index contributed by atoms with van der Waals surface area (Å²) in [7, 11) is 1.70. The number of methoxy groups -OCH3 is 1. The zero-order valence-electron chi connectivity index (χ0n) is 14.1. The average Bonchev–Trinajstić information content (AvgIpc) is 3.10. The first-order valence-corrected chi connectivity index (χ1v) is 8.27. The van der Waals surface area contributed by atoms with E-state index in [0.29, 0.717) is 6.61 Å². The number of hydrogen-bond donors (Lipinski definition) is 0. The van der Waals surface area contributed by atoms with Crippen molar-refractivity contribution < 1.29 is 4.74 Å². The number of benzene rings is 2. The molecule has 0 unspecified atom stereocenters. The van der Waals surface area contributed by atoms with Gasteiger partial charge in [0, 0.05) is 25.8 Å². The maximum Gasteiger partial charge on any atom is 0.182 e. The number of nitrogens with zero attached hydrogens (tertiary/aromatic N) is 4. The average molecular weight is 322 g/mol. The highest BCUT2D eigenvalue weighted by Crippen LogP contribution is 2.28. The van der Waals surface area contributed by atoms with E-state index < -0.39 is 0 Å². The van der Waals surface area contributed by atoms with Crippen LogP contribution >= 0.6 is 0 Å². The smallest absolute Gasteiger partial charge is 0.182 e. The summed E-state index contributed by atoms with van der Waals surface area (Å²) in [6.07, 6.45) is 1.89. The minimum Gasteiger partial charge on any atom is -0.385 e. The molecule has 0 aliphatic heterocycles. The molecule has 24 heavy (non-hydrogen) atoms. The van der Waals surface area contributed by atoms with Crippen molar-refractivity contribution in [3.8, 4) is 22.5 Å². The first-order chi connectivity index (χ1) is 11.8. The Bertz CT molecular complexity index is 797. The van der Waals surface area contributed by atoms with Crippen LogP contribution in [0.3, 0.4) is 0 Å². The minimum absolute atomic E-state index is 0.698. The van der Waals surface area contributed by atoms with Crippen molar-refractivity contribution in [1.82, 2.24) is 20.2 Å². The van der Waals surface area contributed by atoms with Gasteiger partial charge in [-0.1, -0.05) is 49.4 Å². The third-order valence-electron chi connectivity index (χ3n) is 4.08. The molecule has 1 heterocycles. The van der Waals surface area contributed by atoms with Gasteiger partial charge in [-0.15, -0.1) is 5.10 Å². The summed E-state index contributed by atoms with van der Waals surface area (Å²) in [5.74, 6) is 0.793. The Kier molecular flexibility index (Phi) is 5.33. The number of tetrazole rings is 1. The lowest BCUT2D eigenvalue weighted by Gasteiger charge is -2.10. The van der Waals surface area contributed by atoms with Gasteiger partial charge < -0.3 is 4.74 Å². The zero-order chi connectivity index (χ0) is 16.8. The second-order valence-electron chi connectivity index (χ2n) is 5.66. The summed E-state index contributed by atoms with van der Waals surface area (Å²) in [5.41, 5.74) is 4.83. The summed E-state index contributed by atoms with van der Waals surface area (Å²) in [6, 6.07) is 16.9. The number of hydrogen-bond acceptors (Lipinski definition) is 4. The van der Waals surface area contributed by atoms with Crippen LogP contribution in [0.25, 0.3) is 22.5 Å². The van der Waals surface area contributed by atoms with Gasteiger partial charge in [-0.3, -0.25) is 0 Å². The summed E-state index contributed by atoms with van der Waals surface area (Å²) < 4.78 is 6.94. The van der Waals surface area contributed by atoms with Crippen molar-refractivity contribution in [3.05, 3.63) is 54.1 Å². The maximum absolute atomic E-state index is 5.11. The highest BCUT2D eigenvalue weighted by molar-refractivity contribution is 5.72. The summed E-state index contributed by atoms with van der Waals surface area (Å²) in [5, 5.41) is 12.1. The molecule has 0 bridgehead atoms. The van der Waals surface area contributed by atoms with Crippen molar-refractivity contribution in [1.29, 1.82) is 0 Å². The van der Waals surface area contributed by atoms with Crippen molar-refractivity contribution in [3.63, 3.8) is 0 Å². The molecule has 0 saturated heterocycles. The van der Waals surface area contributed by atoms with Gasteiger partial charge in [-0.2, -0.15) is 0 Å². The van der Waals surface area contributed by atoms with Gasteiger partial charge in [0.25, 0.3) is 0 Å². The van der Waals surface area contributed by atoms with E-state index in [9.17, 15) is 0 Å². The molecule has 0 spiro atoms. The standard InChI is InChI=1S/C19H22N4O/c1-3-15-8-4-5-11-18(15)16-9-6-10-17(14-16)19-20-21-22-23(19)12-7-13-24-2/h4-6,8-11,14H,3,7,12-13H2,1-2H3. The lowest BCUT2D eigenvalue weighted by molar-refractivity contribution is 0.189. The Morgan fingerprint density at radius 2 is 1.88 bits per heavy atom. The number of aromatic nitrogens is 4. The van der Waals surface area contributed by atoms with E-state index >= 15 is 0 Å². The van der Waals surface area contributed by atoms with Gasteiger partial charge >= 0.3 is 0 Å². The molecule has 0 amide bonds. The summed E-state index contributed by atoms with van der Waals surface area (Å²) >= 11 is 0. The van der Waals surface area contributed by atoms with Crippen molar-refractivity contribution in [2.45, 2.75) is 26.3 Å². The zero-order valence-corrected chi connectivity index (χ0v) is 14.1. The lowest BCUT2D eigenvalue weighted by atomic mass is 9.97. The van der Waals surface area contributed by atoms with Gasteiger partial charge in [-0.05, 0) is 46.0 Å². The minimum atomic E-state index is 0.698. The molecule has 0 aliphatic rings. The Labute approximate surface area is 142 Å². The molecule has 5 heteroatoms. The fourth-order valence-electron chi connectivity index (χ4n) is 2.86. The van der Waals surface area contributed by atoms with Gasteiger partial charge in [-0.25, -0.2) is 4.68 Å². The fraction of sp³-hybridized carbons (Fsp3) is 0.316. The number of aryl methyl sites for hydroxylation is 2. The van der Waals surface area contributed by atoms with Gasteiger partial charge in [0.05, 0.1) is 0 Å². The maximum atomic E-state index is 5.11. The monoisotopic (exact) mass is 322 g/mol. The van der Waals surface area contributed by atoms with Crippen LogP contribution < -0.4 is 0 Å². The molecule has 124 valence electrons. The largest absolute Gasteiger partial charge is 0.385 e. The molecule has 5 nitrogen and oxygen atoms in total. The van der Waals surface area contributed by atoms with Gasteiger partial charge in [0.15, 0.2) is 5.82 Å². The van der Waals surface area contributed by atoms with E-state index in [1.807, 2.05) is 4.68 Å². The van der Waals surface area contributed by atoms with Crippen LogP contribution in [0.1, 0.15) is 18.9 Å². The van der Waals surface area contributed by atoms with E-state index in [4.69, 9.17) is 4.74 Å². The predicted octanol–water partition coefficient (Wildman–Crippen LogP) is 3.61. The van der Waals surface area contributed by atoms with E-state index in [0.717, 1.165) is 30.8 Å². The van der Waals surface area contributed by atoms with Gasteiger partial charge in [0.1, 0.15) is 0 Å². The van der Waals surface area contributed by atoms with E-state index in [1.54, 1.807) is 7.11 Å². The molecular formula is C19H22N4O. The molecule has 3 rings (SSSR count). The highest BCUT2D eigenvalue weighted by atomic mass is 16.5. The second-order valence-corrected chi connectivity index (χ2v) is 5.66. The number of rotatable bonds is 7. The van der Waals surface area contributed by atoms with Crippen LogP contribution in [0.15, 0.2) is 48.5 Å². The molecule has 1 aromatic heterocycles. The molecule has 3 aromatic rings. The fourth-order valence-corrected chi connectivity index (χ4v) is 2.86. The first-order valence-electron chi connectivity index (χ1n) is 8.27. The van der Waals surface area contributed by atoms with E-state index in [-0.39, 0.29) is 0 Å². The molecule has 0 fully saturated rings. The van der Waals surface area contributed by atoms with Gasteiger partial charge in [0.2, 0.25) is 0 Å². The van der Waals surface area contributed by atoms with Crippen LogP contribution in [-0.2, 0) is 17.7 Å². The highest BCUT2D eigenvalue weighted by Gasteiger charge is 2.11. The van der Waals surface area contributed by atoms with Crippen LogP contribution in [0.2, 0.25) is 0 Å². The molecule has 2 aromatic carbocycles. The SMILES string of the molecule is CCc1ccccc1-c1cccc(-c2nnnn2CCCOC)c1. The first kappa shape index (κ1) is 16.3. The van der Waals surface area contributed by atoms with Crippen LogP contribution in [-0.4, -0.2) is 33.9 Å². The second kappa shape index (κ2) is 7.84. The molecular weight excluding hydrogens is 300 g/mol. The third-order valence-corrected chi connectivity index (χ3v) is 4.08. The Morgan fingerprint density at radius 1 is 1.04 bits per heavy atom. The predicted molar refractivity (Wildman–Crippen MR) is 94.6 cm³/mol. The Hall–Kier alpha value is -2.53. The quantitative estimate of drug-likeness (QED) is 0.624. The van der Waals surface area contributed by atoms with E-state index in [1.165, 1.54) is 16.7 Å². The Balaban J connectivity index is 1.93. The van der Waals surface area contributed by atoms with Crippen LogP contribution in [0, 0.1) is 0 Å². The van der Waals surface area contributed by atoms with Crippen LogP contribution in [0.5, 0.6) is 0 Å².